The summed E-state index contributed by atoms with van der Waals surface area (Å²) in [4.78, 5) is 0. The van der Waals surface area contributed by atoms with E-state index in [1.807, 2.05) is 19.1 Å². The number of hydrogen-bond donors (Lipinski definition) is 1. The monoisotopic (exact) mass is 301 g/mol. The quantitative estimate of drug-likeness (QED) is 0.793. The van der Waals surface area contributed by atoms with Crippen LogP contribution in [0, 0.1) is 0 Å². The Morgan fingerprint density at radius 2 is 1.70 bits per heavy atom. The molecule has 1 atom stereocenters. The molecule has 0 saturated carbocycles. The summed E-state index contributed by atoms with van der Waals surface area (Å²) in [5.41, 5.74) is 0.847. The van der Waals surface area contributed by atoms with Gasteiger partial charge in [-0.1, -0.05) is 6.92 Å². The number of rotatable bonds is 8. The Morgan fingerprint density at radius 3 is 2.10 bits per heavy atom. The number of hydrogen-bond acceptors (Lipinski definition) is 5. The molecule has 20 heavy (non-hydrogen) atoms. The van der Waals surface area contributed by atoms with Crippen LogP contribution < -0.4 is 14.8 Å². The maximum absolute atomic E-state index is 11.6. The third-order valence-corrected chi connectivity index (χ3v) is 3.83. The Kier molecular flexibility index (Phi) is 6.29. The van der Waals surface area contributed by atoms with E-state index in [1.54, 1.807) is 20.3 Å². The second-order valence-corrected chi connectivity index (χ2v) is 6.93. The van der Waals surface area contributed by atoms with Crippen LogP contribution in [-0.4, -0.2) is 41.2 Å². The lowest BCUT2D eigenvalue weighted by Crippen LogP contribution is -2.28. The highest BCUT2D eigenvalue weighted by atomic mass is 32.2. The van der Waals surface area contributed by atoms with Gasteiger partial charge in [-0.25, -0.2) is 8.42 Å². The second-order valence-electron chi connectivity index (χ2n) is 4.75. The molecule has 0 fully saturated rings. The van der Waals surface area contributed by atoms with Gasteiger partial charge in [0.25, 0.3) is 0 Å². The fourth-order valence-electron chi connectivity index (χ4n) is 1.92. The Bertz CT molecular complexity index is 506. The minimum atomic E-state index is -3.09. The molecule has 1 aromatic rings. The van der Waals surface area contributed by atoms with E-state index in [0.29, 0.717) is 11.5 Å². The SMILES string of the molecule is CCCNC(CS(C)(=O)=O)c1cc(OC)cc(OC)c1. The molecule has 0 amide bonds. The lowest BCUT2D eigenvalue weighted by molar-refractivity contribution is 0.392. The Morgan fingerprint density at radius 1 is 1.15 bits per heavy atom. The van der Waals surface area contributed by atoms with Gasteiger partial charge in [0.2, 0.25) is 0 Å². The molecule has 0 aliphatic heterocycles. The lowest BCUT2D eigenvalue weighted by Gasteiger charge is -2.19. The van der Waals surface area contributed by atoms with Crippen LogP contribution in [0.5, 0.6) is 11.5 Å². The largest absolute Gasteiger partial charge is 0.497 e. The summed E-state index contributed by atoms with van der Waals surface area (Å²) in [7, 11) is 0.0608. The third kappa shape index (κ3) is 5.38. The van der Waals surface area contributed by atoms with E-state index in [-0.39, 0.29) is 11.8 Å². The van der Waals surface area contributed by atoms with E-state index < -0.39 is 9.84 Å². The lowest BCUT2D eigenvalue weighted by atomic mass is 10.1. The minimum Gasteiger partial charge on any atom is -0.497 e. The van der Waals surface area contributed by atoms with E-state index in [1.165, 1.54) is 6.26 Å². The summed E-state index contributed by atoms with van der Waals surface area (Å²) in [5, 5.41) is 3.25. The molecule has 1 N–H and O–H groups in total. The number of methoxy groups -OCH3 is 2. The van der Waals surface area contributed by atoms with Crippen molar-refractivity contribution >= 4 is 9.84 Å². The van der Waals surface area contributed by atoms with Crippen molar-refractivity contribution in [1.82, 2.24) is 5.32 Å². The highest BCUT2D eigenvalue weighted by molar-refractivity contribution is 7.90. The molecule has 5 nitrogen and oxygen atoms in total. The molecule has 0 spiro atoms. The standard InChI is InChI=1S/C14H23NO4S/c1-5-6-15-14(10-20(4,16)17)11-7-12(18-2)9-13(8-11)19-3/h7-9,14-15H,5-6,10H2,1-4H3. The van der Waals surface area contributed by atoms with Crippen molar-refractivity contribution in [2.24, 2.45) is 0 Å². The zero-order valence-electron chi connectivity index (χ0n) is 12.5. The number of benzene rings is 1. The van der Waals surface area contributed by atoms with E-state index in [0.717, 1.165) is 18.5 Å². The first-order valence-electron chi connectivity index (χ1n) is 6.53. The summed E-state index contributed by atoms with van der Waals surface area (Å²) in [5.74, 6) is 1.34. The number of sulfone groups is 1. The average Bonchev–Trinajstić information content (AvgIpc) is 2.41. The highest BCUT2D eigenvalue weighted by Crippen LogP contribution is 2.27. The molecular formula is C14H23NO4S. The first-order chi connectivity index (χ1) is 9.39. The topological polar surface area (TPSA) is 64.6 Å². The number of ether oxygens (including phenoxy) is 2. The van der Waals surface area contributed by atoms with Crippen LogP contribution in [0.2, 0.25) is 0 Å². The molecule has 0 radical (unpaired) electrons. The van der Waals surface area contributed by atoms with Gasteiger partial charge < -0.3 is 14.8 Å². The van der Waals surface area contributed by atoms with Crippen LogP contribution in [0.25, 0.3) is 0 Å². The molecular weight excluding hydrogens is 278 g/mol. The zero-order chi connectivity index (χ0) is 15.2. The molecule has 1 aromatic carbocycles. The summed E-state index contributed by atoms with van der Waals surface area (Å²) in [6, 6.07) is 5.16. The molecule has 0 saturated heterocycles. The molecule has 0 bridgehead atoms. The van der Waals surface area contributed by atoms with Gasteiger partial charge >= 0.3 is 0 Å². The summed E-state index contributed by atoms with van der Waals surface area (Å²) in [6.45, 7) is 2.79. The predicted octanol–water partition coefficient (Wildman–Crippen LogP) is 1.79. The second kappa shape index (κ2) is 7.50. The molecule has 1 unspecified atom stereocenters. The molecule has 0 aromatic heterocycles. The fourth-order valence-corrected chi connectivity index (χ4v) is 2.84. The van der Waals surface area contributed by atoms with Gasteiger partial charge in [0.1, 0.15) is 21.3 Å². The van der Waals surface area contributed by atoms with Crippen molar-refractivity contribution in [1.29, 1.82) is 0 Å². The Balaban J connectivity index is 3.10. The molecule has 114 valence electrons. The maximum atomic E-state index is 11.6. The van der Waals surface area contributed by atoms with Crippen LogP contribution >= 0.6 is 0 Å². The summed E-state index contributed by atoms with van der Waals surface area (Å²) < 4.78 is 33.6. The highest BCUT2D eigenvalue weighted by Gasteiger charge is 2.18. The minimum absolute atomic E-state index is 0.0450. The fraction of sp³-hybridized carbons (Fsp3) is 0.571. The van der Waals surface area contributed by atoms with Crippen LogP contribution in [0.1, 0.15) is 24.9 Å². The van der Waals surface area contributed by atoms with Crippen molar-refractivity contribution in [3.63, 3.8) is 0 Å². The molecule has 0 aliphatic carbocycles. The van der Waals surface area contributed by atoms with Gasteiger partial charge in [0.15, 0.2) is 0 Å². The van der Waals surface area contributed by atoms with Crippen molar-refractivity contribution in [2.45, 2.75) is 19.4 Å². The normalized spacial score (nSPS) is 13.0. The third-order valence-electron chi connectivity index (χ3n) is 2.89. The Hall–Kier alpha value is -1.27. The Labute approximate surface area is 121 Å². The van der Waals surface area contributed by atoms with E-state index >= 15 is 0 Å². The molecule has 1 rings (SSSR count). The van der Waals surface area contributed by atoms with Gasteiger partial charge in [-0.05, 0) is 30.7 Å². The predicted molar refractivity (Wildman–Crippen MR) is 80.3 cm³/mol. The average molecular weight is 301 g/mol. The van der Waals surface area contributed by atoms with E-state index in [9.17, 15) is 8.42 Å². The van der Waals surface area contributed by atoms with E-state index in [2.05, 4.69) is 5.32 Å². The van der Waals surface area contributed by atoms with Crippen molar-refractivity contribution in [2.75, 3.05) is 32.8 Å². The summed E-state index contributed by atoms with van der Waals surface area (Å²) >= 11 is 0. The van der Waals surface area contributed by atoms with Gasteiger partial charge in [-0.2, -0.15) is 0 Å². The maximum Gasteiger partial charge on any atom is 0.149 e. The van der Waals surface area contributed by atoms with Crippen LogP contribution in [0.4, 0.5) is 0 Å². The molecule has 0 heterocycles. The van der Waals surface area contributed by atoms with Gasteiger partial charge in [-0.3, -0.25) is 0 Å². The van der Waals surface area contributed by atoms with Crippen LogP contribution in [0.15, 0.2) is 18.2 Å². The van der Waals surface area contributed by atoms with Crippen LogP contribution in [-0.2, 0) is 9.84 Å². The molecule has 0 aliphatic rings. The zero-order valence-corrected chi connectivity index (χ0v) is 13.3. The summed E-state index contributed by atoms with van der Waals surface area (Å²) in [6.07, 6.45) is 2.17. The van der Waals surface area contributed by atoms with Crippen LogP contribution in [0.3, 0.4) is 0 Å². The first-order valence-corrected chi connectivity index (χ1v) is 8.59. The molecule has 6 heteroatoms. The van der Waals surface area contributed by atoms with Gasteiger partial charge in [0.05, 0.1) is 20.0 Å². The first kappa shape index (κ1) is 16.8. The van der Waals surface area contributed by atoms with Crippen molar-refractivity contribution in [3.8, 4) is 11.5 Å². The van der Waals surface area contributed by atoms with Gasteiger partial charge in [0, 0.05) is 18.4 Å². The van der Waals surface area contributed by atoms with Crippen molar-refractivity contribution in [3.05, 3.63) is 23.8 Å². The van der Waals surface area contributed by atoms with E-state index in [4.69, 9.17) is 9.47 Å². The number of nitrogens with one attached hydrogen (secondary N) is 1. The smallest absolute Gasteiger partial charge is 0.149 e. The van der Waals surface area contributed by atoms with Gasteiger partial charge in [-0.15, -0.1) is 0 Å². The van der Waals surface area contributed by atoms with Crippen molar-refractivity contribution < 1.29 is 17.9 Å².